The van der Waals surface area contributed by atoms with Crippen molar-refractivity contribution >= 4 is 34.8 Å². The maximum absolute atomic E-state index is 6.24. The highest BCUT2D eigenvalue weighted by molar-refractivity contribution is 6.35. The van der Waals surface area contributed by atoms with Gasteiger partial charge in [0.2, 0.25) is 0 Å². The lowest BCUT2D eigenvalue weighted by molar-refractivity contribution is 0.375. The maximum atomic E-state index is 6.24. The van der Waals surface area contributed by atoms with Crippen molar-refractivity contribution in [2.24, 2.45) is 16.5 Å². The standard InChI is InChI=1S/C15H14Cl2N4/c1-21-14(18)10-4-2-8(6-13(10)20-15(21)19)11-7-9(16)3-5-12(11)17/h2-7,14H,18H2,1H3,(H2,19,20). The van der Waals surface area contributed by atoms with Gasteiger partial charge in [-0.1, -0.05) is 35.3 Å². The van der Waals surface area contributed by atoms with E-state index in [-0.39, 0.29) is 6.17 Å². The summed E-state index contributed by atoms with van der Waals surface area (Å²) in [5, 5.41) is 1.26. The molecule has 1 unspecified atom stereocenters. The summed E-state index contributed by atoms with van der Waals surface area (Å²) in [6.45, 7) is 0. The molecule has 0 aliphatic carbocycles. The van der Waals surface area contributed by atoms with Crippen molar-refractivity contribution in [2.75, 3.05) is 7.05 Å². The minimum absolute atomic E-state index is 0.304. The van der Waals surface area contributed by atoms with Crippen LogP contribution in [0, 0.1) is 0 Å². The normalized spacial score (nSPS) is 17.4. The SMILES string of the molecule is CN1C(N)=Nc2cc(-c3cc(Cl)ccc3Cl)ccc2C1N. The number of aliphatic imine (C=N–C) groups is 1. The Balaban J connectivity index is 2.14. The summed E-state index contributed by atoms with van der Waals surface area (Å²) in [4.78, 5) is 6.11. The van der Waals surface area contributed by atoms with Gasteiger partial charge in [-0.2, -0.15) is 0 Å². The second kappa shape index (κ2) is 5.22. The molecule has 1 aliphatic rings. The lowest BCUT2D eigenvalue weighted by atomic mass is 10.00. The topological polar surface area (TPSA) is 67.6 Å². The van der Waals surface area contributed by atoms with Gasteiger partial charge in [-0.05, 0) is 29.8 Å². The first kappa shape index (κ1) is 14.2. The molecule has 3 rings (SSSR count). The summed E-state index contributed by atoms with van der Waals surface area (Å²) in [7, 11) is 1.81. The number of hydrogen-bond acceptors (Lipinski definition) is 4. The fourth-order valence-electron chi connectivity index (χ4n) is 2.33. The van der Waals surface area contributed by atoms with Crippen LogP contribution in [0.2, 0.25) is 10.0 Å². The van der Waals surface area contributed by atoms with Crippen molar-refractivity contribution in [3.63, 3.8) is 0 Å². The molecule has 4 N–H and O–H groups in total. The zero-order valence-corrected chi connectivity index (χ0v) is 12.9. The molecule has 2 aromatic rings. The molecule has 0 spiro atoms. The van der Waals surface area contributed by atoms with Gasteiger partial charge < -0.3 is 16.4 Å². The van der Waals surface area contributed by atoms with Gasteiger partial charge >= 0.3 is 0 Å². The monoisotopic (exact) mass is 320 g/mol. The Labute approximate surface area is 133 Å². The highest BCUT2D eigenvalue weighted by Crippen LogP contribution is 2.37. The number of fused-ring (bicyclic) bond motifs is 1. The van der Waals surface area contributed by atoms with Crippen LogP contribution >= 0.6 is 23.2 Å². The Kier molecular flexibility index (Phi) is 3.53. The molecule has 0 saturated carbocycles. The maximum Gasteiger partial charge on any atom is 0.197 e. The molecule has 2 aromatic carbocycles. The molecule has 0 aromatic heterocycles. The lowest BCUT2D eigenvalue weighted by Gasteiger charge is -2.30. The predicted molar refractivity (Wildman–Crippen MR) is 87.9 cm³/mol. The molecule has 108 valence electrons. The Morgan fingerprint density at radius 2 is 1.90 bits per heavy atom. The Bertz CT molecular complexity index is 742. The molecule has 0 fully saturated rings. The summed E-state index contributed by atoms with van der Waals surface area (Å²) in [5.41, 5.74) is 15.5. The number of rotatable bonds is 1. The third-order valence-electron chi connectivity index (χ3n) is 3.60. The van der Waals surface area contributed by atoms with E-state index in [4.69, 9.17) is 34.7 Å². The van der Waals surface area contributed by atoms with Gasteiger partial charge in [0, 0.05) is 28.2 Å². The first-order chi connectivity index (χ1) is 9.97. The fraction of sp³-hybridized carbons (Fsp3) is 0.133. The van der Waals surface area contributed by atoms with Gasteiger partial charge in [0.05, 0.1) is 5.69 Å². The molecule has 0 bridgehead atoms. The second-order valence-electron chi connectivity index (χ2n) is 4.92. The molecule has 0 radical (unpaired) electrons. The quantitative estimate of drug-likeness (QED) is 0.844. The van der Waals surface area contributed by atoms with E-state index in [0.717, 1.165) is 22.4 Å². The van der Waals surface area contributed by atoms with E-state index in [1.165, 1.54) is 0 Å². The van der Waals surface area contributed by atoms with Gasteiger partial charge in [-0.3, -0.25) is 0 Å². The smallest absolute Gasteiger partial charge is 0.197 e. The van der Waals surface area contributed by atoms with Crippen molar-refractivity contribution in [3.05, 3.63) is 52.0 Å². The van der Waals surface area contributed by atoms with Crippen LogP contribution in [-0.2, 0) is 0 Å². The van der Waals surface area contributed by atoms with Gasteiger partial charge in [-0.15, -0.1) is 0 Å². The number of nitrogens with zero attached hydrogens (tertiary/aromatic N) is 2. The van der Waals surface area contributed by atoms with Gasteiger partial charge in [0.15, 0.2) is 5.96 Å². The number of hydrogen-bond donors (Lipinski definition) is 2. The summed E-state index contributed by atoms with van der Waals surface area (Å²) in [6, 6.07) is 11.2. The largest absolute Gasteiger partial charge is 0.369 e. The average molecular weight is 321 g/mol. The highest BCUT2D eigenvalue weighted by Gasteiger charge is 2.23. The van der Waals surface area contributed by atoms with Crippen LogP contribution in [0.15, 0.2) is 41.4 Å². The Hall–Kier alpha value is -1.75. The second-order valence-corrected chi connectivity index (χ2v) is 5.77. The zero-order valence-electron chi connectivity index (χ0n) is 11.3. The Morgan fingerprint density at radius 3 is 2.67 bits per heavy atom. The van der Waals surface area contributed by atoms with Crippen LogP contribution in [-0.4, -0.2) is 17.9 Å². The van der Waals surface area contributed by atoms with Crippen molar-refractivity contribution in [3.8, 4) is 11.1 Å². The van der Waals surface area contributed by atoms with Gasteiger partial charge in [0.1, 0.15) is 6.17 Å². The molecule has 0 amide bonds. The summed E-state index contributed by atoms with van der Waals surface area (Å²) >= 11 is 12.3. The van der Waals surface area contributed by atoms with Crippen molar-refractivity contribution in [1.82, 2.24) is 4.90 Å². The predicted octanol–water partition coefficient (Wildman–Crippen LogP) is 3.51. The van der Waals surface area contributed by atoms with Crippen LogP contribution in [0.25, 0.3) is 11.1 Å². The highest BCUT2D eigenvalue weighted by atomic mass is 35.5. The summed E-state index contributed by atoms with van der Waals surface area (Å²) in [5.74, 6) is 0.393. The van der Waals surface area contributed by atoms with Gasteiger partial charge in [-0.25, -0.2) is 4.99 Å². The van der Waals surface area contributed by atoms with Crippen molar-refractivity contribution in [2.45, 2.75) is 6.17 Å². The van der Waals surface area contributed by atoms with Crippen molar-refractivity contribution in [1.29, 1.82) is 0 Å². The van der Waals surface area contributed by atoms with Crippen LogP contribution < -0.4 is 11.5 Å². The molecule has 6 heteroatoms. The van der Waals surface area contributed by atoms with E-state index in [9.17, 15) is 0 Å². The summed E-state index contributed by atoms with van der Waals surface area (Å²) < 4.78 is 0. The molecule has 21 heavy (non-hydrogen) atoms. The fourth-order valence-corrected chi connectivity index (χ4v) is 2.73. The number of nitrogens with two attached hydrogens (primary N) is 2. The van der Waals surface area contributed by atoms with Crippen LogP contribution in [0.1, 0.15) is 11.7 Å². The van der Waals surface area contributed by atoms with E-state index in [1.807, 2.05) is 31.3 Å². The number of guanidine groups is 1. The van der Waals surface area contributed by atoms with E-state index in [1.54, 1.807) is 17.0 Å². The number of halogens is 2. The third-order valence-corrected chi connectivity index (χ3v) is 4.17. The first-order valence-electron chi connectivity index (χ1n) is 6.39. The number of benzene rings is 2. The molecule has 1 heterocycles. The third kappa shape index (κ3) is 2.46. The molecule has 1 atom stereocenters. The van der Waals surface area contributed by atoms with Crippen LogP contribution in [0.3, 0.4) is 0 Å². The summed E-state index contributed by atoms with van der Waals surface area (Å²) in [6.07, 6.45) is -0.304. The minimum atomic E-state index is -0.304. The molecule has 1 aliphatic heterocycles. The van der Waals surface area contributed by atoms with Crippen molar-refractivity contribution < 1.29 is 0 Å². The first-order valence-corrected chi connectivity index (χ1v) is 7.15. The van der Waals surface area contributed by atoms with Crippen LogP contribution in [0.5, 0.6) is 0 Å². The van der Waals surface area contributed by atoms with E-state index in [0.29, 0.717) is 16.0 Å². The van der Waals surface area contributed by atoms with E-state index in [2.05, 4.69) is 4.99 Å². The molecular weight excluding hydrogens is 307 g/mol. The van der Waals surface area contributed by atoms with E-state index >= 15 is 0 Å². The lowest BCUT2D eigenvalue weighted by Crippen LogP contribution is -2.42. The zero-order chi connectivity index (χ0) is 15.1. The van der Waals surface area contributed by atoms with E-state index < -0.39 is 0 Å². The van der Waals surface area contributed by atoms with Crippen LogP contribution in [0.4, 0.5) is 5.69 Å². The molecule has 4 nitrogen and oxygen atoms in total. The Morgan fingerprint density at radius 1 is 1.14 bits per heavy atom. The van der Waals surface area contributed by atoms with Gasteiger partial charge in [0.25, 0.3) is 0 Å². The molecule has 0 saturated heterocycles. The average Bonchev–Trinajstić information content (AvgIpc) is 2.47. The minimum Gasteiger partial charge on any atom is -0.369 e. The molecular formula is C15H14Cl2N4.